The van der Waals surface area contributed by atoms with Crippen LogP contribution in [0.3, 0.4) is 0 Å². The van der Waals surface area contributed by atoms with Crippen molar-refractivity contribution in [1.29, 1.82) is 0 Å². The zero-order valence-electron chi connectivity index (χ0n) is 10.6. The third-order valence-electron chi connectivity index (χ3n) is 2.75. The fourth-order valence-electron chi connectivity index (χ4n) is 1.60. The molecule has 0 aromatic heterocycles. The Kier molecular flexibility index (Phi) is 4.46. The lowest BCUT2D eigenvalue weighted by Gasteiger charge is -2.08. The summed E-state index contributed by atoms with van der Waals surface area (Å²) in [5.74, 6) is -1.56. The van der Waals surface area contributed by atoms with Crippen molar-refractivity contribution < 1.29 is 17.2 Å². The highest BCUT2D eigenvalue weighted by Crippen LogP contribution is 2.22. The first-order chi connectivity index (χ1) is 9.79. The van der Waals surface area contributed by atoms with Gasteiger partial charge in [-0.15, -0.1) is 0 Å². The van der Waals surface area contributed by atoms with Crippen LogP contribution >= 0.6 is 11.6 Å². The lowest BCUT2D eigenvalue weighted by molar-refractivity contribution is 0.562. The molecule has 0 bridgehead atoms. The van der Waals surface area contributed by atoms with E-state index < -0.39 is 21.7 Å². The van der Waals surface area contributed by atoms with Crippen molar-refractivity contribution in [3.05, 3.63) is 58.6 Å². The maximum atomic E-state index is 13.4. The molecule has 2 aromatic rings. The van der Waals surface area contributed by atoms with Gasteiger partial charge >= 0.3 is 0 Å². The molecule has 0 saturated heterocycles. The standard InChI is InChI=1S/C13H11ClF2N2O2S/c14-11-6-10(3-4-13(11)17)21(19,20)18-7-8-1-2-9(15)5-12(8)16/h1-6,18H,7,17H2. The van der Waals surface area contributed by atoms with Gasteiger partial charge in [0.05, 0.1) is 15.6 Å². The molecule has 2 rings (SSSR count). The number of nitrogen functional groups attached to an aromatic ring is 1. The molecule has 0 spiro atoms. The Morgan fingerprint density at radius 1 is 1.14 bits per heavy atom. The Hall–Kier alpha value is -1.70. The molecule has 0 saturated carbocycles. The number of sulfonamides is 1. The summed E-state index contributed by atoms with van der Waals surface area (Å²) in [7, 11) is -3.88. The number of rotatable bonds is 4. The molecule has 0 aliphatic rings. The largest absolute Gasteiger partial charge is 0.398 e. The van der Waals surface area contributed by atoms with Crippen LogP contribution in [0.2, 0.25) is 5.02 Å². The van der Waals surface area contributed by atoms with E-state index in [2.05, 4.69) is 4.72 Å². The average Bonchev–Trinajstić information content (AvgIpc) is 2.40. The van der Waals surface area contributed by atoms with Gasteiger partial charge in [0.15, 0.2) is 0 Å². The molecule has 0 unspecified atom stereocenters. The zero-order chi connectivity index (χ0) is 15.6. The van der Waals surface area contributed by atoms with Crippen LogP contribution in [0.25, 0.3) is 0 Å². The van der Waals surface area contributed by atoms with E-state index in [4.69, 9.17) is 17.3 Å². The fourth-order valence-corrected chi connectivity index (χ4v) is 2.87. The first-order valence-electron chi connectivity index (χ1n) is 5.78. The van der Waals surface area contributed by atoms with Crippen molar-refractivity contribution in [2.24, 2.45) is 0 Å². The molecule has 0 fully saturated rings. The number of nitrogens with two attached hydrogens (primary N) is 1. The van der Waals surface area contributed by atoms with E-state index >= 15 is 0 Å². The summed E-state index contributed by atoms with van der Waals surface area (Å²) in [6, 6.07) is 6.74. The maximum Gasteiger partial charge on any atom is 0.240 e. The first-order valence-corrected chi connectivity index (χ1v) is 7.64. The molecular weight excluding hydrogens is 322 g/mol. The van der Waals surface area contributed by atoms with Crippen molar-refractivity contribution in [3.63, 3.8) is 0 Å². The Balaban J connectivity index is 2.19. The summed E-state index contributed by atoms with van der Waals surface area (Å²) >= 11 is 5.76. The SMILES string of the molecule is Nc1ccc(S(=O)(=O)NCc2ccc(F)cc2F)cc1Cl. The molecule has 0 atom stereocenters. The zero-order valence-corrected chi connectivity index (χ0v) is 12.2. The van der Waals surface area contributed by atoms with Crippen LogP contribution in [0.5, 0.6) is 0 Å². The predicted molar refractivity (Wildman–Crippen MR) is 76.2 cm³/mol. The second-order valence-electron chi connectivity index (χ2n) is 4.24. The van der Waals surface area contributed by atoms with Gasteiger partial charge in [-0.2, -0.15) is 0 Å². The van der Waals surface area contributed by atoms with E-state index in [1.165, 1.54) is 24.3 Å². The Morgan fingerprint density at radius 3 is 2.48 bits per heavy atom. The summed E-state index contributed by atoms with van der Waals surface area (Å²) in [6.07, 6.45) is 0. The van der Waals surface area contributed by atoms with Crippen LogP contribution < -0.4 is 10.5 Å². The number of halogens is 3. The van der Waals surface area contributed by atoms with Gasteiger partial charge in [0.2, 0.25) is 10.0 Å². The van der Waals surface area contributed by atoms with E-state index in [0.29, 0.717) is 6.07 Å². The number of hydrogen-bond donors (Lipinski definition) is 2. The molecule has 8 heteroatoms. The van der Waals surface area contributed by atoms with Gasteiger partial charge in [0.25, 0.3) is 0 Å². The molecule has 2 aromatic carbocycles. The summed E-state index contributed by atoms with van der Waals surface area (Å²) in [5, 5.41) is 0.103. The molecular formula is C13H11ClF2N2O2S. The van der Waals surface area contributed by atoms with Gasteiger partial charge < -0.3 is 5.73 Å². The number of anilines is 1. The third-order valence-corrected chi connectivity index (χ3v) is 4.48. The summed E-state index contributed by atoms with van der Waals surface area (Å²) in [4.78, 5) is -0.0933. The minimum Gasteiger partial charge on any atom is -0.398 e. The molecule has 112 valence electrons. The molecule has 3 N–H and O–H groups in total. The highest BCUT2D eigenvalue weighted by Gasteiger charge is 2.16. The molecule has 21 heavy (non-hydrogen) atoms. The van der Waals surface area contributed by atoms with E-state index in [0.717, 1.165) is 6.07 Å². The Morgan fingerprint density at radius 2 is 1.86 bits per heavy atom. The Bertz CT molecular complexity index is 782. The van der Waals surface area contributed by atoms with Crippen molar-refractivity contribution in [1.82, 2.24) is 4.72 Å². The Labute approximate surface area is 125 Å². The van der Waals surface area contributed by atoms with Gasteiger partial charge in [-0.05, 0) is 24.3 Å². The van der Waals surface area contributed by atoms with Crippen molar-refractivity contribution in [2.75, 3.05) is 5.73 Å². The third kappa shape index (κ3) is 3.69. The number of hydrogen-bond acceptors (Lipinski definition) is 3. The van der Waals surface area contributed by atoms with Crippen LogP contribution in [0.4, 0.5) is 14.5 Å². The highest BCUT2D eigenvalue weighted by molar-refractivity contribution is 7.89. The van der Waals surface area contributed by atoms with Crippen LogP contribution in [-0.2, 0) is 16.6 Å². The molecule has 0 aliphatic carbocycles. The lowest BCUT2D eigenvalue weighted by atomic mass is 10.2. The van der Waals surface area contributed by atoms with Gasteiger partial charge in [0, 0.05) is 18.2 Å². The normalized spacial score (nSPS) is 11.6. The average molecular weight is 333 g/mol. The van der Waals surface area contributed by atoms with E-state index in [9.17, 15) is 17.2 Å². The second-order valence-corrected chi connectivity index (χ2v) is 6.42. The highest BCUT2D eigenvalue weighted by atomic mass is 35.5. The van der Waals surface area contributed by atoms with Gasteiger partial charge in [-0.1, -0.05) is 17.7 Å². The summed E-state index contributed by atoms with van der Waals surface area (Å²) < 4.78 is 52.5. The van der Waals surface area contributed by atoms with Crippen LogP contribution in [-0.4, -0.2) is 8.42 Å². The van der Waals surface area contributed by atoms with Crippen molar-refractivity contribution >= 4 is 27.3 Å². The number of nitrogens with one attached hydrogen (secondary N) is 1. The molecule has 0 aliphatic heterocycles. The van der Waals surface area contributed by atoms with Crippen LogP contribution in [0.1, 0.15) is 5.56 Å². The first kappa shape index (κ1) is 15.7. The maximum absolute atomic E-state index is 13.4. The summed E-state index contributed by atoms with van der Waals surface area (Å²) in [6.45, 7) is -0.309. The number of benzene rings is 2. The molecule has 0 heterocycles. The van der Waals surface area contributed by atoms with E-state index in [-0.39, 0.29) is 27.7 Å². The van der Waals surface area contributed by atoms with E-state index in [1.807, 2.05) is 0 Å². The fraction of sp³-hybridized carbons (Fsp3) is 0.0769. The van der Waals surface area contributed by atoms with Gasteiger partial charge in [-0.3, -0.25) is 0 Å². The summed E-state index contributed by atoms with van der Waals surface area (Å²) in [5.41, 5.74) is 5.78. The lowest BCUT2D eigenvalue weighted by Crippen LogP contribution is -2.23. The molecule has 0 radical (unpaired) electrons. The van der Waals surface area contributed by atoms with Crippen molar-refractivity contribution in [2.45, 2.75) is 11.4 Å². The van der Waals surface area contributed by atoms with E-state index in [1.54, 1.807) is 0 Å². The van der Waals surface area contributed by atoms with Crippen LogP contribution in [0.15, 0.2) is 41.3 Å². The quantitative estimate of drug-likeness (QED) is 0.845. The monoisotopic (exact) mass is 332 g/mol. The second kappa shape index (κ2) is 5.97. The minimum absolute atomic E-state index is 0.0292. The van der Waals surface area contributed by atoms with Gasteiger partial charge in [-0.25, -0.2) is 21.9 Å². The van der Waals surface area contributed by atoms with Crippen LogP contribution in [0, 0.1) is 11.6 Å². The minimum atomic E-state index is -3.88. The topological polar surface area (TPSA) is 72.2 Å². The smallest absolute Gasteiger partial charge is 0.240 e. The van der Waals surface area contributed by atoms with Gasteiger partial charge in [0.1, 0.15) is 11.6 Å². The molecule has 0 amide bonds. The molecule has 4 nitrogen and oxygen atoms in total. The predicted octanol–water partition coefficient (Wildman–Crippen LogP) is 2.68. The van der Waals surface area contributed by atoms with Crippen molar-refractivity contribution in [3.8, 4) is 0 Å².